The van der Waals surface area contributed by atoms with Crippen LogP contribution in [0, 0.1) is 6.92 Å². The molecule has 3 nitrogen and oxygen atoms in total. The smallest absolute Gasteiger partial charge is 0.0925 e. The van der Waals surface area contributed by atoms with Crippen LogP contribution in [-0.4, -0.2) is 28.0 Å². The Hall–Kier alpha value is -1.87. The van der Waals surface area contributed by atoms with Crippen LogP contribution >= 0.6 is 0 Å². The van der Waals surface area contributed by atoms with Crippen LogP contribution in [0.15, 0.2) is 42.7 Å². The maximum Gasteiger partial charge on any atom is 0.0925 e. The zero-order valence-corrected chi connectivity index (χ0v) is 12.3. The third-order valence-electron chi connectivity index (χ3n) is 3.32. The number of aromatic amines is 1. The molecule has 0 bridgehead atoms. The lowest BCUT2D eigenvalue weighted by atomic mass is 10.2. The van der Waals surface area contributed by atoms with Crippen LogP contribution in [0.1, 0.15) is 30.3 Å². The van der Waals surface area contributed by atoms with Crippen molar-refractivity contribution >= 4 is 6.08 Å². The van der Waals surface area contributed by atoms with Crippen molar-refractivity contribution < 1.29 is 0 Å². The van der Waals surface area contributed by atoms with Gasteiger partial charge in [-0.1, -0.05) is 49.4 Å². The molecule has 0 radical (unpaired) electrons. The summed E-state index contributed by atoms with van der Waals surface area (Å²) in [6.45, 7) is 7.24. The number of imidazole rings is 1. The Morgan fingerprint density at radius 3 is 2.70 bits per heavy atom. The second kappa shape index (κ2) is 7.65. The molecule has 2 aromatic rings. The molecule has 0 spiro atoms. The van der Waals surface area contributed by atoms with E-state index in [4.69, 9.17) is 0 Å². The summed E-state index contributed by atoms with van der Waals surface area (Å²) in [5, 5.41) is 0. The number of rotatable bonds is 7. The van der Waals surface area contributed by atoms with Crippen molar-refractivity contribution in [2.75, 3.05) is 13.1 Å². The molecule has 0 saturated heterocycles. The fourth-order valence-electron chi connectivity index (χ4n) is 2.21. The number of benzene rings is 1. The Morgan fingerprint density at radius 2 is 2.05 bits per heavy atom. The van der Waals surface area contributed by atoms with Gasteiger partial charge in [0, 0.05) is 18.8 Å². The average molecular weight is 269 g/mol. The molecule has 0 aliphatic heterocycles. The molecule has 0 unspecified atom stereocenters. The molecule has 0 fully saturated rings. The summed E-state index contributed by atoms with van der Waals surface area (Å²) in [4.78, 5) is 9.94. The van der Waals surface area contributed by atoms with Crippen LogP contribution in [0.5, 0.6) is 0 Å². The summed E-state index contributed by atoms with van der Waals surface area (Å²) in [6, 6.07) is 10.4. The van der Waals surface area contributed by atoms with E-state index in [0.29, 0.717) is 0 Å². The summed E-state index contributed by atoms with van der Waals surface area (Å²) in [5.41, 5.74) is 3.56. The Balaban J connectivity index is 1.92. The van der Waals surface area contributed by atoms with Gasteiger partial charge in [0.15, 0.2) is 0 Å². The molecular weight excluding hydrogens is 246 g/mol. The first-order valence-electron chi connectivity index (χ1n) is 7.22. The van der Waals surface area contributed by atoms with Crippen LogP contribution in [-0.2, 0) is 6.54 Å². The van der Waals surface area contributed by atoms with Crippen molar-refractivity contribution in [3.05, 3.63) is 59.7 Å². The Morgan fingerprint density at radius 1 is 1.25 bits per heavy atom. The standard InChI is InChI=1S/C17H23N3/c1-3-11-20(13-17-15(2)18-14-19-17)12-7-10-16-8-5-4-6-9-16/h4-10,14H,3,11-13H2,1-2H3,(H,18,19)/b10-7+. The fourth-order valence-corrected chi connectivity index (χ4v) is 2.21. The first-order chi connectivity index (χ1) is 9.79. The summed E-state index contributed by atoms with van der Waals surface area (Å²) < 4.78 is 0. The lowest BCUT2D eigenvalue weighted by molar-refractivity contribution is 0.292. The minimum absolute atomic E-state index is 0.905. The lowest BCUT2D eigenvalue weighted by Crippen LogP contribution is -2.24. The van der Waals surface area contributed by atoms with E-state index >= 15 is 0 Å². The van der Waals surface area contributed by atoms with Crippen molar-refractivity contribution in [1.29, 1.82) is 0 Å². The van der Waals surface area contributed by atoms with E-state index in [2.05, 4.69) is 65.1 Å². The van der Waals surface area contributed by atoms with Gasteiger partial charge < -0.3 is 4.98 Å². The summed E-state index contributed by atoms with van der Waals surface area (Å²) in [6.07, 6.45) is 7.34. The molecule has 3 heteroatoms. The number of nitrogens with zero attached hydrogens (tertiary/aromatic N) is 2. The van der Waals surface area contributed by atoms with E-state index in [-0.39, 0.29) is 0 Å². The SMILES string of the molecule is CCCN(C/C=C/c1ccccc1)Cc1nc[nH]c1C. The maximum atomic E-state index is 4.38. The van der Waals surface area contributed by atoms with E-state index in [9.17, 15) is 0 Å². The zero-order valence-electron chi connectivity index (χ0n) is 12.3. The highest BCUT2D eigenvalue weighted by atomic mass is 15.1. The summed E-state index contributed by atoms with van der Waals surface area (Å²) >= 11 is 0. The third kappa shape index (κ3) is 4.35. The van der Waals surface area contributed by atoms with Crippen molar-refractivity contribution in [1.82, 2.24) is 14.9 Å². The lowest BCUT2D eigenvalue weighted by Gasteiger charge is -2.19. The minimum atomic E-state index is 0.905. The normalized spacial score (nSPS) is 11.6. The highest BCUT2D eigenvalue weighted by Crippen LogP contribution is 2.07. The molecule has 0 aliphatic rings. The molecule has 0 atom stereocenters. The van der Waals surface area contributed by atoms with Gasteiger partial charge in [0.05, 0.1) is 12.0 Å². The van der Waals surface area contributed by atoms with Gasteiger partial charge in [0.25, 0.3) is 0 Å². The van der Waals surface area contributed by atoms with Crippen molar-refractivity contribution in [2.24, 2.45) is 0 Å². The molecule has 0 amide bonds. The van der Waals surface area contributed by atoms with Crippen LogP contribution in [0.3, 0.4) is 0 Å². The Labute approximate surface area is 121 Å². The topological polar surface area (TPSA) is 31.9 Å². The van der Waals surface area contributed by atoms with Gasteiger partial charge >= 0.3 is 0 Å². The molecule has 2 rings (SSSR count). The molecule has 1 heterocycles. The first-order valence-corrected chi connectivity index (χ1v) is 7.22. The van der Waals surface area contributed by atoms with Gasteiger partial charge in [-0.15, -0.1) is 0 Å². The second-order valence-electron chi connectivity index (χ2n) is 5.02. The van der Waals surface area contributed by atoms with Gasteiger partial charge in [-0.25, -0.2) is 4.98 Å². The zero-order chi connectivity index (χ0) is 14.2. The number of hydrogen-bond donors (Lipinski definition) is 1. The quantitative estimate of drug-likeness (QED) is 0.832. The number of aromatic nitrogens is 2. The van der Waals surface area contributed by atoms with Gasteiger partial charge in [0.1, 0.15) is 0 Å². The number of nitrogens with one attached hydrogen (secondary N) is 1. The van der Waals surface area contributed by atoms with E-state index in [1.54, 1.807) is 6.33 Å². The van der Waals surface area contributed by atoms with Crippen molar-refractivity contribution in [2.45, 2.75) is 26.8 Å². The van der Waals surface area contributed by atoms with Crippen LogP contribution in [0.4, 0.5) is 0 Å². The largest absolute Gasteiger partial charge is 0.348 e. The van der Waals surface area contributed by atoms with Crippen molar-refractivity contribution in [3.8, 4) is 0 Å². The first kappa shape index (κ1) is 14.5. The van der Waals surface area contributed by atoms with Gasteiger partial charge in [0.2, 0.25) is 0 Å². The van der Waals surface area contributed by atoms with Crippen LogP contribution in [0.25, 0.3) is 6.08 Å². The monoisotopic (exact) mass is 269 g/mol. The van der Waals surface area contributed by atoms with Gasteiger partial charge in [-0.3, -0.25) is 4.90 Å². The molecule has 20 heavy (non-hydrogen) atoms. The molecule has 1 aromatic carbocycles. The Bertz CT molecular complexity index is 528. The minimum Gasteiger partial charge on any atom is -0.348 e. The maximum absolute atomic E-state index is 4.38. The van der Waals surface area contributed by atoms with Gasteiger partial charge in [-0.2, -0.15) is 0 Å². The second-order valence-corrected chi connectivity index (χ2v) is 5.02. The molecule has 106 valence electrons. The van der Waals surface area contributed by atoms with E-state index < -0.39 is 0 Å². The van der Waals surface area contributed by atoms with Gasteiger partial charge in [-0.05, 0) is 25.5 Å². The number of hydrogen-bond acceptors (Lipinski definition) is 2. The number of aryl methyl sites for hydroxylation is 1. The van der Waals surface area contributed by atoms with Crippen molar-refractivity contribution in [3.63, 3.8) is 0 Å². The van der Waals surface area contributed by atoms with E-state index in [1.165, 1.54) is 5.56 Å². The van der Waals surface area contributed by atoms with E-state index in [1.807, 2.05) is 6.07 Å². The third-order valence-corrected chi connectivity index (χ3v) is 3.32. The summed E-state index contributed by atoms with van der Waals surface area (Å²) in [5.74, 6) is 0. The van der Waals surface area contributed by atoms with Crippen LogP contribution < -0.4 is 0 Å². The highest BCUT2D eigenvalue weighted by molar-refractivity contribution is 5.48. The fraction of sp³-hybridized carbons (Fsp3) is 0.353. The van der Waals surface area contributed by atoms with Crippen LogP contribution in [0.2, 0.25) is 0 Å². The van der Waals surface area contributed by atoms with E-state index in [0.717, 1.165) is 37.4 Å². The highest BCUT2D eigenvalue weighted by Gasteiger charge is 2.07. The summed E-state index contributed by atoms with van der Waals surface area (Å²) in [7, 11) is 0. The number of H-pyrrole nitrogens is 1. The predicted molar refractivity (Wildman–Crippen MR) is 84.4 cm³/mol. The molecule has 0 saturated carbocycles. The average Bonchev–Trinajstić information content (AvgIpc) is 2.86. The predicted octanol–water partition coefficient (Wildman–Crippen LogP) is 3.64. The Kier molecular flexibility index (Phi) is 5.56. The molecule has 1 aromatic heterocycles. The molecular formula is C17H23N3. The molecule has 0 aliphatic carbocycles. The molecule has 1 N–H and O–H groups in total.